The van der Waals surface area contributed by atoms with Gasteiger partial charge in [-0.05, 0) is 26.6 Å². The molecule has 0 saturated heterocycles. The lowest BCUT2D eigenvalue weighted by Gasteiger charge is -2.33. The van der Waals surface area contributed by atoms with Crippen LogP contribution in [0.15, 0.2) is 0 Å². The summed E-state index contributed by atoms with van der Waals surface area (Å²) in [5, 5.41) is 3.13. The van der Waals surface area contributed by atoms with Crippen LogP contribution in [0.1, 0.15) is 41.0 Å². The third-order valence-corrected chi connectivity index (χ3v) is 3.06. The van der Waals surface area contributed by atoms with Crippen molar-refractivity contribution in [3.63, 3.8) is 0 Å². The molecule has 0 aliphatic heterocycles. The van der Waals surface area contributed by atoms with Crippen molar-refractivity contribution in [3.05, 3.63) is 0 Å². The Kier molecular flexibility index (Phi) is 8.00. The van der Waals surface area contributed by atoms with Crippen molar-refractivity contribution in [2.24, 2.45) is 0 Å². The summed E-state index contributed by atoms with van der Waals surface area (Å²) >= 11 is 0. The van der Waals surface area contributed by atoms with Crippen LogP contribution in [0.3, 0.4) is 0 Å². The van der Waals surface area contributed by atoms with E-state index in [1.807, 2.05) is 27.7 Å². The Morgan fingerprint density at radius 1 is 1.12 bits per heavy atom. The van der Waals surface area contributed by atoms with E-state index in [-0.39, 0.29) is 23.7 Å². The molecule has 0 spiro atoms. The largest absolute Gasteiger partial charge is 0.306 e. The number of ketones is 2. The lowest BCUT2D eigenvalue weighted by molar-refractivity contribution is -0.130. The maximum absolute atomic E-state index is 12.1. The normalized spacial score (nSPS) is 14.7. The van der Waals surface area contributed by atoms with E-state index in [0.29, 0.717) is 13.0 Å². The van der Waals surface area contributed by atoms with E-state index in [9.17, 15) is 9.59 Å². The molecule has 0 fully saturated rings. The van der Waals surface area contributed by atoms with Gasteiger partial charge in [-0.3, -0.25) is 14.5 Å². The highest BCUT2D eigenvalue weighted by molar-refractivity contribution is 5.93. The number of rotatable bonds is 9. The molecule has 0 aliphatic carbocycles. The fourth-order valence-corrected chi connectivity index (χ4v) is 2.12. The minimum absolute atomic E-state index is 0.0329. The Labute approximate surface area is 105 Å². The lowest BCUT2D eigenvalue weighted by Crippen LogP contribution is -2.57. The number of carbonyl (C=O) groups is 2. The maximum atomic E-state index is 12.1. The molecule has 0 aromatic rings. The molecular formula is C13H26N2O2. The number of hydrogen-bond donors (Lipinski definition) is 1. The van der Waals surface area contributed by atoms with Crippen LogP contribution in [0, 0.1) is 0 Å². The zero-order valence-electron chi connectivity index (χ0n) is 11.7. The second-order valence-corrected chi connectivity index (χ2v) is 4.13. The topological polar surface area (TPSA) is 49.4 Å². The van der Waals surface area contributed by atoms with E-state index < -0.39 is 0 Å². The van der Waals surface area contributed by atoms with Crippen LogP contribution < -0.4 is 5.32 Å². The Morgan fingerprint density at radius 2 is 1.65 bits per heavy atom. The summed E-state index contributed by atoms with van der Waals surface area (Å²) < 4.78 is 0. The highest BCUT2D eigenvalue weighted by Gasteiger charge is 2.33. The third kappa shape index (κ3) is 4.56. The monoisotopic (exact) mass is 242 g/mol. The van der Waals surface area contributed by atoms with E-state index in [1.54, 1.807) is 6.92 Å². The summed E-state index contributed by atoms with van der Waals surface area (Å²) in [6.45, 7) is 11.6. The molecule has 0 amide bonds. The van der Waals surface area contributed by atoms with Gasteiger partial charge in [-0.15, -0.1) is 0 Å². The first-order valence-corrected chi connectivity index (χ1v) is 6.53. The Hall–Kier alpha value is -0.740. The Bertz CT molecular complexity index is 250. The van der Waals surface area contributed by atoms with E-state index >= 15 is 0 Å². The first-order chi connectivity index (χ1) is 8.03. The zero-order valence-corrected chi connectivity index (χ0v) is 11.7. The van der Waals surface area contributed by atoms with Crippen molar-refractivity contribution in [2.45, 2.75) is 53.1 Å². The second-order valence-electron chi connectivity index (χ2n) is 4.13. The molecule has 4 heteroatoms. The van der Waals surface area contributed by atoms with Crippen molar-refractivity contribution >= 4 is 11.6 Å². The van der Waals surface area contributed by atoms with Gasteiger partial charge in [-0.2, -0.15) is 0 Å². The molecule has 0 aliphatic rings. The van der Waals surface area contributed by atoms with Crippen LogP contribution in [-0.4, -0.2) is 48.2 Å². The van der Waals surface area contributed by atoms with Crippen LogP contribution in [0.2, 0.25) is 0 Å². The van der Waals surface area contributed by atoms with Gasteiger partial charge in [-0.25, -0.2) is 0 Å². The number of nitrogens with zero attached hydrogens (tertiary/aromatic N) is 1. The number of nitrogens with one attached hydrogen (secondary N) is 1. The average molecular weight is 242 g/mol. The van der Waals surface area contributed by atoms with Crippen molar-refractivity contribution < 1.29 is 9.59 Å². The van der Waals surface area contributed by atoms with Crippen molar-refractivity contribution in [2.75, 3.05) is 19.6 Å². The van der Waals surface area contributed by atoms with Crippen LogP contribution in [0.5, 0.6) is 0 Å². The summed E-state index contributed by atoms with van der Waals surface area (Å²) in [4.78, 5) is 25.8. The summed E-state index contributed by atoms with van der Waals surface area (Å²) in [6.07, 6.45) is 0.469. The number of likely N-dealkylation sites (N-methyl/N-ethyl adjacent to an activating group) is 2. The summed E-state index contributed by atoms with van der Waals surface area (Å²) in [7, 11) is 0. The zero-order chi connectivity index (χ0) is 13.4. The lowest BCUT2D eigenvalue weighted by atomic mass is 9.96. The Morgan fingerprint density at radius 3 is 1.94 bits per heavy atom. The number of Topliss-reactive ketones (excluding diaryl/α,β-unsaturated/α-hetero) is 2. The molecule has 0 saturated carbocycles. The van der Waals surface area contributed by atoms with Crippen LogP contribution in [0.25, 0.3) is 0 Å². The molecule has 2 atom stereocenters. The van der Waals surface area contributed by atoms with E-state index in [4.69, 9.17) is 0 Å². The fraction of sp³-hybridized carbons (Fsp3) is 0.846. The van der Waals surface area contributed by atoms with Crippen LogP contribution in [-0.2, 0) is 9.59 Å². The molecule has 4 nitrogen and oxygen atoms in total. The molecule has 0 bridgehead atoms. The number of hydrogen-bond acceptors (Lipinski definition) is 4. The van der Waals surface area contributed by atoms with Crippen molar-refractivity contribution in [3.8, 4) is 0 Å². The van der Waals surface area contributed by atoms with Gasteiger partial charge in [0.1, 0.15) is 5.78 Å². The van der Waals surface area contributed by atoms with E-state index in [2.05, 4.69) is 10.2 Å². The molecule has 1 N–H and O–H groups in total. The van der Waals surface area contributed by atoms with Gasteiger partial charge in [0.2, 0.25) is 0 Å². The SMILES string of the molecule is CCNC(C(C)=O)C(C(=O)CC)N(CC)CC. The molecule has 0 rings (SSSR count). The quantitative estimate of drug-likeness (QED) is 0.661. The fourth-order valence-electron chi connectivity index (χ4n) is 2.12. The molecule has 0 aromatic heterocycles. The predicted molar refractivity (Wildman–Crippen MR) is 70.2 cm³/mol. The number of carbonyl (C=O) groups excluding carboxylic acids is 2. The molecule has 17 heavy (non-hydrogen) atoms. The standard InChI is InChI=1S/C13H26N2O2/c1-6-11(17)13(15(8-3)9-4)12(10(5)16)14-7-2/h12-14H,6-9H2,1-5H3. The highest BCUT2D eigenvalue weighted by Crippen LogP contribution is 2.10. The molecule has 0 aromatic carbocycles. The van der Waals surface area contributed by atoms with Crippen LogP contribution >= 0.6 is 0 Å². The third-order valence-electron chi connectivity index (χ3n) is 3.06. The van der Waals surface area contributed by atoms with Gasteiger partial charge in [-0.1, -0.05) is 27.7 Å². The highest BCUT2D eigenvalue weighted by atomic mass is 16.1. The van der Waals surface area contributed by atoms with Gasteiger partial charge in [0, 0.05) is 6.42 Å². The smallest absolute Gasteiger partial charge is 0.151 e. The van der Waals surface area contributed by atoms with Gasteiger partial charge in [0.05, 0.1) is 12.1 Å². The van der Waals surface area contributed by atoms with Crippen molar-refractivity contribution in [1.29, 1.82) is 0 Å². The average Bonchev–Trinajstić information content (AvgIpc) is 2.32. The first-order valence-electron chi connectivity index (χ1n) is 6.53. The molecular weight excluding hydrogens is 216 g/mol. The Balaban J connectivity index is 5.10. The van der Waals surface area contributed by atoms with E-state index in [1.165, 1.54) is 0 Å². The van der Waals surface area contributed by atoms with Crippen LogP contribution in [0.4, 0.5) is 0 Å². The maximum Gasteiger partial charge on any atom is 0.151 e. The molecule has 0 radical (unpaired) electrons. The van der Waals surface area contributed by atoms with Gasteiger partial charge in [0.15, 0.2) is 5.78 Å². The van der Waals surface area contributed by atoms with Gasteiger partial charge in [0.25, 0.3) is 0 Å². The van der Waals surface area contributed by atoms with Gasteiger partial charge >= 0.3 is 0 Å². The minimum Gasteiger partial charge on any atom is -0.306 e. The first kappa shape index (κ1) is 16.3. The summed E-state index contributed by atoms with van der Waals surface area (Å²) in [6, 6.07) is -0.709. The minimum atomic E-state index is -0.382. The predicted octanol–water partition coefficient (Wildman–Crippen LogP) is 1.24. The summed E-state index contributed by atoms with van der Waals surface area (Å²) in [5.41, 5.74) is 0. The molecule has 100 valence electrons. The van der Waals surface area contributed by atoms with E-state index in [0.717, 1.165) is 13.1 Å². The van der Waals surface area contributed by atoms with Crippen molar-refractivity contribution in [1.82, 2.24) is 10.2 Å². The van der Waals surface area contributed by atoms with Gasteiger partial charge < -0.3 is 5.32 Å². The molecule has 0 heterocycles. The molecule has 2 unspecified atom stereocenters. The summed E-state index contributed by atoms with van der Waals surface area (Å²) in [5.74, 6) is 0.167. The second kappa shape index (κ2) is 8.37.